The van der Waals surface area contributed by atoms with Crippen LogP contribution < -0.4 is 14.8 Å². The fraction of sp³-hybridized carbons (Fsp3) is 0.167. The molecule has 0 saturated carbocycles. The summed E-state index contributed by atoms with van der Waals surface area (Å²) in [5.41, 5.74) is 1.46. The van der Waals surface area contributed by atoms with Crippen LogP contribution in [-0.2, 0) is 14.8 Å². The van der Waals surface area contributed by atoms with Gasteiger partial charge < -0.3 is 10.1 Å². The van der Waals surface area contributed by atoms with E-state index in [0.717, 1.165) is 11.8 Å². The van der Waals surface area contributed by atoms with Crippen LogP contribution in [0.1, 0.15) is 12.5 Å². The molecule has 1 amide bonds. The number of hydrogen-bond acceptors (Lipinski definition) is 4. The molecule has 2 N–H and O–H groups in total. The van der Waals surface area contributed by atoms with Crippen molar-refractivity contribution in [1.29, 1.82) is 0 Å². The van der Waals surface area contributed by atoms with Crippen LogP contribution in [0.25, 0.3) is 6.08 Å². The second kappa shape index (κ2) is 8.34. The summed E-state index contributed by atoms with van der Waals surface area (Å²) in [6.45, 7) is 2.42. The molecule has 7 heteroatoms. The summed E-state index contributed by atoms with van der Waals surface area (Å²) in [4.78, 5) is 12.2. The van der Waals surface area contributed by atoms with Crippen molar-refractivity contribution in [2.75, 3.05) is 22.9 Å². The minimum absolute atomic E-state index is 0.307. The van der Waals surface area contributed by atoms with Gasteiger partial charge >= 0.3 is 0 Å². The smallest absolute Gasteiger partial charge is 0.248 e. The van der Waals surface area contributed by atoms with Gasteiger partial charge in [-0.05, 0) is 31.2 Å². The first-order valence-corrected chi connectivity index (χ1v) is 9.56. The summed E-state index contributed by atoms with van der Waals surface area (Å²) in [5, 5.41) is 2.66. The van der Waals surface area contributed by atoms with Gasteiger partial charge in [-0.3, -0.25) is 9.52 Å². The minimum Gasteiger partial charge on any atom is -0.493 e. The largest absolute Gasteiger partial charge is 0.493 e. The molecule has 0 fully saturated rings. The van der Waals surface area contributed by atoms with Crippen molar-refractivity contribution in [1.82, 2.24) is 0 Å². The molecule has 2 rings (SSSR count). The zero-order chi connectivity index (χ0) is 18.3. The number of hydrogen-bond donors (Lipinski definition) is 2. The van der Waals surface area contributed by atoms with Gasteiger partial charge in [0.2, 0.25) is 15.9 Å². The molecule has 132 valence electrons. The van der Waals surface area contributed by atoms with Gasteiger partial charge in [0.1, 0.15) is 5.75 Å². The highest BCUT2D eigenvalue weighted by molar-refractivity contribution is 7.92. The van der Waals surface area contributed by atoms with Crippen molar-refractivity contribution in [2.45, 2.75) is 6.92 Å². The van der Waals surface area contributed by atoms with Crippen LogP contribution >= 0.6 is 0 Å². The lowest BCUT2D eigenvalue weighted by Gasteiger charge is -2.10. The fourth-order valence-electron chi connectivity index (χ4n) is 2.13. The van der Waals surface area contributed by atoms with E-state index in [1.807, 2.05) is 31.2 Å². The van der Waals surface area contributed by atoms with Gasteiger partial charge in [0, 0.05) is 11.6 Å². The van der Waals surface area contributed by atoms with E-state index in [-0.39, 0.29) is 5.91 Å². The lowest BCUT2D eigenvalue weighted by Crippen LogP contribution is -2.14. The molecule has 0 aromatic heterocycles. The van der Waals surface area contributed by atoms with Crippen molar-refractivity contribution < 1.29 is 17.9 Å². The van der Waals surface area contributed by atoms with E-state index >= 15 is 0 Å². The zero-order valence-corrected chi connectivity index (χ0v) is 14.8. The summed E-state index contributed by atoms with van der Waals surface area (Å²) in [6.07, 6.45) is 4.07. The van der Waals surface area contributed by atoms with E-state index in [4.69, 9.17) is 4.74 Å². The van der Waals surface area contributed by atoms with Gasteiger partial charge in [0.25, 0.3) is 0 Å². The summed E-state index contributed by atoms with van der Waals surface area (Å²) in [6, 6.07) is 14.0. The molecule has 0 aliphatic carbocycles. The first kappa shape index (κ1) is 18.5. The Morgan fingerprint density at radius 3 is 2.40 bits per heavy atom. The Labute approximate surface area is 147 Å². The van der Waals surface area contributed by atoms with Crippen molar-refractivity contribution >= 4 is 33.4 Å². The van der Waals surface area contributed by atoms with Crippen LogP contribution in [0.4, 0.5) is 11.4 Å². The maximum atomic E-state index is 12.2. The monoisotopic (exact) mass is 360 g/mol. The maximum absolute atomic E-state index is 12.2. The molecular formula is C18H20N2O4S. The third-order valence-electron chi connectivity index (χ3n) is 3.11. The molecule has 0 aliphatic heterocycles. The topological polar surface area (TPSA) is 84.5 Å². The highest BCUT2D eigenvalue weighted by Gasteiger charge is 2.08. The number of nitrogens with one attached hydrogen (secondary N) is 2. The minimum atomic E-state index is -3.44. The number of anilines is 2. The quantitative estimate of drug-likeness (QED) is 0.743. The molecule has 2 aromatic carbocycles. The Balaban J connectivity index is 2.14. The molecular weight excluding hydrogens is 340 g/mol. The Morgan fingerprint density at radius 1 is 1.08 bits per heavy atom. The van der Waals surface area contributed by atoms with E-state index < -0.39 is 10.0 Å². The average molecular weight is 360 g/mol. The van der Waals surface area contributed by atoms with E-state index in [0.29, 0.717) is 23.7 Å². The number of para-hydroxylation sites is 3. The van der Waals surface area contributed by atoms with E-state index in [2.05, 4.69) is 10.0 Å². The zero-order valence-electron chi connectivity index (χ0n) is 14.0. The highest BCUT2D eigenvalue weighted by Crippen LogP contribution is 2.22. The van der Waals surface area contributed by atoms with E-state index in [9.17, 15) is 13.2 Å². The van der Waals surface area contributed by atoms with Gasteiger partial charge in [-0.15, -0.1) is 0 Å². The van der Waals surface area contributed by atoms with Crippen LogP contribution in [-0.4, -0.2) is 27.2 Å². The number of rotatable bonds is 7. The summed E-state index contributed by atoms with van der Waals surface area (Å²) < 4.78 is 30.7. The van der Waals surface area contributed by atoms with Gasteiger partial charge in [0.15, 0.2) is 0 Å². The van der Waals surface area contributed by atoms with Crippen molar-refractivity contribution in [3.63, 3.8) is 0 Å². The molecule has 25 heavy (non-hydrogen) atoms. The number of sulfonamides is 1. The third-order valence-corrected chi connectivity index (χ3v) is 3.70. The SMILES string of the molecule is CCOc1ccccc1/C=C/C(=O)Nc1ccccc1NS(C)(=O)=O. The number of carbonyl (C=O) groups is 1. The summed E-state index contributed by atoms with van der Waals surface area (Å²) in [7, 11) is -3.44. The molecule has 0 heterocycles. The molecule has 0 bridgehead atoms. The van der Waals surface area contributed by atoms with Crippen LogP contribution in [0.3, 0.4) is 0 Å². The van der Waals surface area contributed by atoms with Crippen LogP contribution in [0.5, 0.6) is 5.75 Å². The first-order chi connectivity index (χ1) is 11.9. The second-order valence-corrected chi connectivity index (χ2v) is 6.96. The summed E-state index contributed by atoms with van der Waals surface area (Å²) in [5.74, 6) is 0.308. The first-order valence-electron chi connectivity index (χ1n) is 7.67. The number of benzene rings is 2. The standard InChI is InChI=1S/C18H20N2O4S/c1-3-24-17-11-7-4-8-14(17)12-13-18(21)19-15-9-5-6-10-16(15)20-25(2,22)23/h4-13,20H,3H2,1-2H3,(H,19,21)/b13-12+. The van der Waals surface area contributed by atoms with Gasteiger partial charge in [-0.2, -0.15) is 0 Å². The number of ether oxygens (including phenoxy) is 1. The van der Waals surface area contributed by atoms with Crippen LogP contribution in [0, 0.1) is 0 Å². The molecule has 6 nitrogen and oxygen atoms in total. The number of amides is 1. The molecule has 2 aromatic rings. The Morgan fingerprint density at radius 2 is 1.72 bits per heavy atom. The van der Waals surface area contributed by atoms with Crippen LogP contribution in [0.2, 0.25) is 0 Å². The van der Waals surface area contributed by atoms with Crippen molar-refractivity contribution in [2.24, 2.45) is 0 Å². The predicted molar refractivity (Wildman–Crippen MR) is 100 cm³/mol. The van der Waals surface area contributed by atoms with Crippen molar-refractivity contribution in [3.8, 4) is 5.75 Å². The van der Waals surface area contributed by atoms with Crippen LogP contribution in [0.15, 0.2) is 54.6 Å². The average Bonchev–Trinajstić information content (AvgIpc) is 2.55. The molecule has 0 saturated heterocycles. The van der Waals surface area contributed by atoms with Crippen molar-refractivity contribution in [3.05, 3.63) is 60.2 Å². The lowest BCUT2D eigenvalue weighted by molar-refractivity contribution is -0.111. The fourth-order valence-corrected chi connectivity index (χ4v) is 2.70. The van der Waals surface area contributed by atoms with E-state index in [1.165, 1.54) is 6.08 Å². The van der Waals surface area contributed by atoms with E-state index in [1.54, 1.807) is 30.3 Å². The second-order valence-electron chi connectivity index (χ2n) is 5.21. The molecule has 0 radical (unpaired) electrons. The number of carbonyl (C=O) groups excluding carboxylic acids is 1. The third kappa shape index (κ3) is 5.96. The Kier molecular flexibility index (Phi) is 6.19. The van der Waals surface area contributed by atoms with Gasteiger partial charge in [-0.1, -0.05) is 30.3 Å². The lowest BCUT2D eigenvalue weighted by atomic mass is 10.2. The molecule has 0 unspecified atom stereocenters. The Hall–Kier alpha value is -2.80. The predicted octanol–water partition coefficient (Wildman–Crippen LogP) is 3.11. The summed E-state index contributed by atoms with van der Waals surface area (Å²) >= 11 is 0. The maximum Gasteiger partial charge on any atom is 0.248 e. The molecule has 0 aliphatic rings. The van der Waals surface area contributed by atoms with Gasteiger partial charge in [-0.25, -0.2) is 8.42 Å². The molecule has 0 spiro atoms. The van der Waals surface area contributed by atoms with Gasteiger partial charge in [0.05, 0.1) is 24.2 Å². The normalized spacial score (nSPS) is 11.3. The highest BCUT2D eigenvalue weighted by atomic mass is 32.2. The molecule has 0 atom stereocenters. The Bertz CT molecular complexity index is 876.